The Kier molecular flexibility index (Phi) is 15.7. The number of hydrogen-bond donors (Lipinski definition) is 0. The zero-order valence-corrected chi connectivity index (χ0v) is 40.5. The lowest BCUT2D eigenvalue weighted by atomic mass is 9.66. The van der Waals surface area contributed by atoms with Gasteiger partial charge in [-0.25, -0.2) is 0 Å². The van der Waals surface area contributed by atoms with Gasteiger partial charge in [-0.3, -0.25) is 14.5 Å². The molecule has 0 spiro atoms. The van der Waals surface area contributed by atoms with E-state index in [2.05, 4.69) is 119 Å². The summed E-state index contributed by atoms with van der Waals surface area (Å²) in [5.41, 5.74) is 1.38. The third-order valence-electron chi connectivity index (χ3n) is 13.7. The van der Waals surface area contributed by atoms with Crippen molar-refractivity contribution in [2.75, 3.05) is 6.54 Å². The number of imide groups is 1. The predicted octanol–water partition coefficient (Wildman–Crippen LogP) is 15.9. The van der Waals surface area contributed by atoms with Gasteiger partial charge in [-0.15, -0.1) is 57.5 Å². The molecule has 316 valence electrons. The number of unbranched alkanes of at least 4 members (excludes halogenated alkanes) is 7. The average Bonchev–Trinajstić information content (AvgIpc) is 4.08. The highest BCUT2D eigenvalue weighted by Gasteiger charge is 2.56. The van der Waals surface area contributed by atoms with Crippen LogP contribution in [-0.2, 0) is 12.8 Å². The Balaban J connectivity index is 1.22. The number of rotatable bonds is 22. The molecule has 0 saturated heterocycles. The summed E-state index contributed by atoms with van der Waals surface area (Å²) in [5, 5.41) is 0.863. The number of hydrogen-bond acceptors (Lipinski definition) is 7. The molecule has 1 saturated carbocycles. The number of carbonyl (C=O) groups is 2. The fourth-order valence-electron chi connectivity index (χ4n) is 10.4. The number of thiophene rings is 3. The number of allylic oxidation sites excluding steroid dienone is 3. The van der Waals surface area contributed by atoms with Gasteiger partial charge in [-0.05, 0) is 86.0 Å². The van der Waals surface area contributed by atoms with Crippen molar-refractivity contribution in [1.29, 1.82) is 0 Å². The van der Waals surface area contributed by atoms with E-state index >= 15 is 0 Å². The minimum absolute atomic E-state index is 0.0590. The standard InChI is InChI=1S/C50H69NO2S5/c1-8-13-16-17-18-19-26-51-49(52)42-32(7)55-48(45(42)50(51)53)41-30-38-44(40-25-23-36(57-40)29-34(12-5)21-15-10-3)46-37(27-31(6)54-46)43(47(38)58-41)39-24-22-35(56-39)28-33(11-4)20-14-9-2/h22-25,27,30,33-34,37-38,43-44,46-47H,8-21,26,28-29H2,1-7H3. The molecule has 2 amide bonds. The molecule has 1 fully saturated rings. The van der Waals surface area contributed by atoms with Crippen molar-refractivity contribution in [3.8, 4) is 0 Å². The average molecular weight is 876 g/mol. The minimum Gasteiger partial charge on any atom is -0.274 e. The van der Waals surface area contributed by atoms with E-state index in [4.69, 9.17) is 0 Å². The maximum Gasteiger partial charge on any atom is 0.263 e. The smallest absolute Gasteiger partial charge is 0.263 e. The number of aryl methyl sites for hydroxylation is 1. The Hall–Kier alpha value is -1.58. The van der Waals surface area contributed by atoms with Crippen LogP contribution in [0.1, 0.15) is 193 Å². The zero-order chi connectivity index (χ0) is 40.9. The quantitative estimate of drug-likeness (QED) is 0.0744. The number of carbonyl (C=O) groups excluding carboxylic acids is 2. The van der Waals surface area contributed by atoms with Gasteiger partial charge < -0.3 is 0 Å². The first-order valence-electron chi connectivity index (χ1n) is 23.1. The van der Waals surface area contributed by atoms with Crippen LogP contribution in [0, 0.1) is 30.6 Å². The molecule has 0 aromatic carbocycles. The van der Waals surface area contributed by atoms with Crippen molar-refractivity contribution in [3.05, 3.63) is 81.7 Å². The molecule has 3 aliphatic heterocycles. The molecule has 8 unspecified atom stereocenters. The van der Waals surface area contributed by atoms with Crippen LogP contribution >= 0.6 is 57.5 Å². The Morgan fingerprint density at radius 2 is 1.14 bits per heavy atom. The Bertz CT molecular complexity index is 1930. The second kappa shape index (κ2) is 20.5. The SMILES string of the molecule is CCCCCCCCN1C(=O)c2c(C)sc(C3=CC4C(S3)C(c3ccc(CC(CC)CCCC)s3)C3C=C(C)SC3C4c3ccc(CC(CC)CCCC)s3)c2C1=O. The molecule has 0 N–H and O–H groups in total. The van der Waals surface area contributed by atoms with Crippen LogP contribution in [0.3, 0.4) is 0 Å². The van der Waals surface area contributed by atoms with Crippen LogP contribution < -0.4 is 0 Å². The molecule has 3 aromatic heterocycles. The van der Waals surface area contributed by atoms with Crippen LogP contribution in [0.25, 0.3) is 4.91 Å². The summed E-state index contributed by atoms with van der Waals surface area (Å²) in [6, 6.07) is 9.92. The maximum atomic E-state index is 14.3. The van der Waals surface area contributed by atoms with Crippen LogP contribution in [-0.4, -0.2) is 33.8 Å². The number of thioether (sulfide) groups is 2. The Morgan fingerprint density at radius 3 is 1.72 bits per heavy atom. The van der Waals surface area contributed by atoms with Crippen molar-refractivity contribution >= 4 is 74.3 Å². The second-order valence-corrected chi connectivity index (χ2v) is 24.1. The van der Waals surface area contributed by atoms with Gasteiger partial charge in [0.25, 0.3) is 11.8 Å². The molecule has 0 bridgehead atoms. The molecule has 58 heavy (non-hydrogen) atoms. The highest BCUT2D eigenvalue weighted by Crippen LogP contribution is 2.66. The highest BCUT2D eigenvalue weighted by atomic mass is 32.2. The molecule has 6 heterocycles. The van der Waals surface area contributed by atoms with E-state index in [1.807, 2.05) is 11.8 Å². The van der Waals surface area contributed by atoms with Gasteiger partial charge in [-0.1, -0.05) is 130 Å². The summed E-state index contributed by atoms with van der Waals surface area (Å²) in [7, 11) is 0. The van der Waals surface area contributed by atoms with Crippen LogP contribution in [0.4, 0.5) is 0 Å². The third kappa shape index (κ3) is 9.42. The van der Waals surface area contributed by atoms with Gasteiger partial charge in [0.2, 0.25) is 0 Å². The van der Waals surface area contributed by atoms with Crippen molar-refractivity contribution in [3.63, 3.8) is 0 Å². The summed E-state index contributed by atoms with van der Waals surface area (Å²) < 4.78 is 0. The van der Waals surface area contributed by atoms with Crippen LogP contribution in [0.5, 0.6) is 0 Å². The number of fused-ring (bicyclic) bond motifs is 3. The first-order chi connectivity index (χ1) is 28.2. The van der Waals surface area contributed by atoms with E-state index in [-0.39, 0.29) is 11.8 Å². The van der Waals surface area contributed by atoms with Crippen LogP contribution in [0.15, 0.2) is 41.3 Å². The van der Waals surface area contributed by atoms with E-state index in [1.165, 1.54) is 99.7 Å². The van der Waals surface area contributed by atoms with Crippen molar-refractivity contribution < 1.29 is 9.59 Å². The molecular weight excluding hydrogens is 807 g/mol. The fourth-order valence-corrected chi connectivity index (χ4v) is 17.7. The van der Waals surface area contributed by atoms with E-state index in [1.54, 1.807) is 35.7 Å². The van der Waals surface area contributed by atoms with Crippen LogP contribution in [0.2, 0.25) is 0 Å². The predicted molar refractivity (Wildman–Crippen MR) is 257 cm³/mol. The summed E-state index contributed by atoms with van der Waals surface area (Å²) >= 11 is 10.1. The molecule has 8 atom stereocenters. The number of amides is 2. The topological polar surface area (TPSA) is 37.4 Å². The van der Waals surface area contributed by atoms with E-state index < -0.39 is 0 Å². The second-order valence-electron chi connectivity index (χ2n) is 17.8. The summed E-state index contributed by atoms with van der Waals surface area (Å²) in [5.74, 6) is 3.04. The summed E-state index contributed by atoms with van der Waals surface area (Å²) in [4.78, 5) is 40.7. The first-order valence-corrected chi connectivity index (χ1v) is 27.3. The molecule has 7 rings (SSSR count). The molecule has 4 aliphatic rings. The van der Waals surface area contributed by atoms with Crippen molar-refractivity contribution in [2.24, 2.45) is 23.7 Å². The molecule has 3 nitrogen and oxygen atoms in total. The van der Waals surface area contributed by atoms with Gasteiger partial charge in [0.15, 0.2) is 0 Å². The molecule has 1 aliphatic carbocycles. The van der Waals surface area contributed by atoms with Gasteiger partial charge in [0, 0.05) is 58.2 Å². The monoisotopic (exact) mass is 875 g/mol. The summed E-state index contributed by atoms with van der Waals surface area (Å²) in [6.45, 7) is 16.5. The molecule has 0 radical (unpaired) electrons. The maximum absolute atomic E-state index is 14.3. The van der Waals surface area contributed by atoms with Crippen molar-refractivity contribution in [2.45, 2.75) is 174 Å². The minimum atomic E-state index is -0.0669. The van der Waals surface area contributed by atoms with Gasteiger partial charge in [0.05, 0.1) is 16.0 Å². The van der Waals surface area contributed by atoms with E-state index in [0.717, 1.165) is 34.4 Å². The Labute approximate surface area is 371 Å². The van der Waals surface area contributed by atoms with Gasteiger partial charge in [-0.2, -0.15) is 0 Å². The molecule has 3 aromatic rings. The number of nitrogens with zero attached hydrogens (tertiary/aromatic N) is 1. The lowest BCUT2D eigenvalue weighted by Gasteiger charge is -2.46. The van der Waals surface area contributed by atoms with Gasteiger partial charge in [0.1, 0.15) is 0 Å². The molecular formula is C50H69NO2S5. The normalized spacial score (nSPS) is 24.9. The summed E-state index contributed by atoms with van der Waals surface area (Å²) in [6.07, 6.45) is 24.8. The zero-order valence-electron chi connectivity index (χ0n) is 36.4. The first kappa shape index (κ1) is 44.5. The van der Waals surface area contributed by atoms with Gasteiger partial charge >= 0.3 is 0 Å². The lowest BCUT2D eigenvalue weighted by Crippen LogP contribution is -2.43. The lowest BCUT2D eigenvalue weighted by molar-refractivity contribution is 0.0651. The Morgan fingerprint density at radius 1 is 0.603 bits per heavy atom. The van der Waals surface area contributed by atoms with E-state index in [0.29, 0.717) is 51.8 Å². The highest BCUT2D eigenvalue weighted by molar-refractivity contribution is 8.09. The van der Waals surface area contributed by atoms with E-state index in [9.17, 15) is 9.59 Å². The van der Waals surface area contributed by atoms with Crippen molar-refractivity contribution in [1.82, 2.24) is 4.90 Å². The largest absolute Gasteiger partial charge is 0.274 e. The fraction of sp³-hybridized carbons (Fsp3) is 0.640. The molecule has 8 heteroatoms. The third-order valence-corrected chi connectivity index (χ3v) is 20.2.